The first kappa shape index (κ1) is 21.2. The summed E-state index contributed by atoms with van der Waals surface area (Å²) in [5, 5.41) is 3.65. The van der Waals surface area contributed by atoms with Crippen LogP contribution >= 0.6 is 11.6 Å². The summed E-state index contributed by atoms with van der Waals surface area (Å²) in [6.45, 7) is 1.87. The Bertz CT molecular complexity index is 1090. The summed E-state index contributed by atoms with van der Waals surface area (Å²) in [6, 6.07) is 13.9. The molecule has 3 aliphatic rings. The van der Waals surface area contributed by atoms with Crippen molar-refractivity contribution < 1.29 is 19.1 Å². The zero-order chi connectivity index (χ0) is 22.5. The molecule has 0 radical (unpaired) electrons. The lowest BCUT2D eigenvalue weighted by Crippen LogP contribution is -2.49. The molecular formula is C26H26ClNO4. The number of halogens is 1. The molecule has 2 fully saturated rings. The van der Waals surface area contributed by atoms with Gasteiger partial charge in [-0.3, -0.25) is 14.4 Å². The molecule has 1 aliphatic heterocycles. The predicted octanol–water partition coefficient (Wildman–Crippen LogP) is 5.07. The first-order chi connectivity index (χ1) is 15.5. The van der Waals surface area contributed by atoms with Gasteiger partial charge < -0.3 is 10.1 Å². The van der Waals surface area contributed by atoms with E-state index in [-0.39, 0.29) is 17.7 Å². The Labute approximate surface area is 192 Å². The summed E-state index contributed by atoms with van der Waals surface area (Å²) >= 11 is 6.03. The Morgan fingerprint density at radius 3 is 2.44 bits per heavy atom. The van der Waals surface area contributed by atoms with Gasteiger partial charge in [-0.25, -0.2) is 0 Å². The molecule has 1 amide bonds. The number of ketones is 1. The molecule has 2 aromatic rings. The molecule has 6 heteroatoms. The van der Waals surface area contributed by atoms with Gasteiger partial charge in [0, 0.05) is 28.1 Å². The smallest absolute Gasteiger partial charge is 0.328 e. The van der Waals surface area contributed by atoms with Gasteiger partial charge in [0.05, 0.1) is 5.41 Å². The second-order valence-corrected chi connectivity index (χ2v) is 9.57. The molecule has 0 spiro atoms. The Morgan fingerprint density at radius 1 is 1.06 bits per heavy atom. The summed E-state index contributed by atoms with van der Waals surface area (Å²) in [4.78, 5) is 41.3. The van der Waals surface area contributed by atoms with E-state index in [0.717, 1.165) is 37.7 Å². The highest BCUT2D eigenvalue weighted by Gasteiger charge is 2.89. The zero-order valence-electron chi connectivity index (χ0n) is 18.0. The van der Waals surface area contributed by atoms with Crippen molar-refractivity contribution in [1.82, 2.24) is 5.32 Å². The van der Waals surface area contributed by atoms with E-state index in [1.54, 1.807) is 36.4 Å². The van der Waals surface area contributed by atoms with Crippen LogP contribution in [-0.2, 0) is 9.59 Å². The van der Waals surface area contributed by atoms with Crippen molar-refractivity contribution in [2.75, 3.05) is 0 Å². The fraction of sp³-hybridized carbons (Fsp3) is 0.423. The molecular weight excluding hydrogens is 426 g/mol. The third kappa shape index (κ3) is 2.80. The van der Waals surface area contributed by atoms with Gasteiger partial charge >= 0.3 is 5.97 Å². The van der Waals surface area contributed by atoms with Crippen LogP contribution in [0.25, 0.3) is 0 Å². The van der Waals surface area contributed by atoms with E-state index in [2.05, 4.69) is 5.32 Å². The van der Waals surface area contributed by atoms with Crippen molar-refractivity contribution in [3.8, 4) is 5.75 Å². The van der Waals surface area contributed by atoms with Gasteiger partial charge in [-0.2, -0.15) is 0 Å². The van der Waals surface area contributed by atoms with E-state index in [9.17, 15) is 14.4 Å². The molecule has 1 N–H and O–H groups in total. The normalized spacial score (nSPS) is 28.8. The lowest BCUT2D eigenvalue weighted by molar-refractivity contribution is -0.150. The van der Waals surface area contributed by atoms with Crippen LogP contribution in [0.5, 0.6) is 5.75 Å². The topological polar surface area (TPSA) is 72.5 Å². The fourth-order valence-electron chi connectivity index (χ4n) is 6.11. The maximum absolute atomic E-state index is 14.0. The van der Waals surface area contributed by atoms with E-state index >= 15 is 0 Å². The van der Waals surface area contributed by atoms with Crippen LogP contribution in [0.1, 0.15) is 67.3 Å². The van der Waals surface area contributed by atoms with Crippen LogP contribution in [0.4, 0.5) is 0 Å². The first-order valence-corrected chi connectivity index (χ1v) is 11.8. The van der Waals surface area contributed by atoms with Gasteiger partial charge in [0.2, 0.25) is 5.91 Å². The molecule has 2 saturated carbocycles. The van der Waals surface area contributed by atoms with Crippen molar-refractivity contribution in [3.63, 3.8) is 0 Å². The van der Waals surface area contributed by atoms with Gasteiger partial charge in [-0.1, -0.05) is 56.0 Å². The van der Waals surface area contributed by atoms with Crippen molar-refractivity contribution >= 4 is 29.3 Å². The number of benzene rings is 2. The fourth-order valence-corrected chi connectivity index (χ4v) is 6.24. The van der Waals surface area contributed by atoms with Crippen molar-refractivity contribution in [2.45, 2.75) is 57.4 Å². The molecule has 5 rings (SSSR count). The van der Waals surface area contributed by atoms with Crippen LogP contribution in [-0.4, -0.2) is 23.7 Å². The van der Waals surface area contributed by atoms with E-state index < -0.39 is 22.7 Å². The molecule has 1 heterocycles. The molecule has 3 atom stereocenters. The number of nitrogens with one attached hydrogen (secondary N) is 1. The highest BCUT2D eigenvalue weighted by Crippen LogP contribution is 2.79. The van der Waals surface area contributed by atoms with E-state index in [1.165, 1.54) is 0 Å². The van der Waals surface area contributed by atoms with Crippen LogP contribution in [0.3, 0.4) is 0 Å². The second kappa shape index (κ2) is 7.73. The molecule has 2 aromatic carbocycles. The van der Waals surface area contributed by atoms with Crippen molar-refractivity contribution in [1.29, 1.82) is 0 Å². The lowest BCUT2D eigenvalue weighted by atomic mass is 9.82. The minimum absolute atomic E-state index is 0.0250. The maximum Gasteiger partial charge on any atom is 0.328 e. The molecule has 0 aromatic heterocycles. The van der Waals surface area contributed by atoms with E-state index in [4.69, 9.17) is 16.3 Å². The minimum atomic E-state index is -1.55. The molecule has 166 valence electrons. The number of rotatable bonds is 5. The molecule has 5 nitrogen and oxygen atoms in total. The number of para-hydroxylation sites is 1. The number of ether oxygens (including phenoxy) is 1. The number of hydrogen-bond acceptors (Lipinski definition) is 4. The van der Waals surface area contributed by atoms with Gasteiger partial charge in [0.1, 0.15) is 5.75 Å². The monoisotopic (exact) mass is 451 g/mol. The Balaban J connectivity index is 1.62. The minimum Gasteiger partial charge on any atom is -0.425 e. The number of fused-ring (bicyclic) bond motifs is 3. The highest BCUT2D eigenvalue weighted by molar-refractivity contribution is 6.30. The highest BCUT2D eigenvalue weighted by atomic mass is 35.5. The Kier molecular flexibility index (Phi) is 5.12. The van der Waals surface area contributed by atoms with Crippen LogP contribution in [0.15, 0.2) is 48.5 Å². The summed E-state index contributed by atoms with van der Waals surface area (Å²) < 4.78 is 5.69. The summed E-state index contributed by atoms with van der Waals surface area (Å²) in [7, 11) is 0. The molecule has 2 aliphatic carbocycles. The Morgan fingerprint density at radius 2 is 1.75 bits per heavy atom. The van der Waals surface area contributed by atoms with Crippen LogP contribution < -0.4 is 10.1 Å². The van der Waals surface area contributed by atoms with Crippen LogP contribution in [0, 0.1) is 10.8 Å². The lowest BCUT2D eigenvalue weighted by Gasteiger charge is -2.28. The average molecular weight is 452 g/mol. The molecule has 0 saturated heterocycles. The van der Waals surface area contributed by atoms with E-state index in [0.29, 0.717) is 22.8 Å². The third-order valence-electron chi connectivity index (χ3n) is 7.67. The van der Waals surface area contributed by atoms with E-state index in [1.807, 2.05) is 19.1 Å². The van der Waals surface area contributed by atoms with Gasteiger partial charge in [-0.05, 0) is 49.6 Å². The number of amides is 1. The molecule has 0 bridgehead atoms. The predicted molar refractivity (Wildman–Crippen MR) is 121 cm³/mol. The third-order valence-corrected chi connectivity index (χ3v) is 7.92. The summed E-state index contributed by atoms with van der Waals surface area (Å²) in [5.41, 5.74) is -1.55. The number of esters is 1. The Hall–Kier alpha value is -2.66. The molecule has 32 heavy (non-hydrogen) atoms. The SMILES string of the molecule is CC[C@]1(C(=O)c2ccc(Cl)cc2)[C@H]2c3ccccc3OC(=O)[C@]21C(=O)NC1CCCCC1. The zero-order valence-corrected chi connectivity index (χ0v) is 18.8. The van der Waals surface area contributed by atoms with Crippen molar-refractivity contribution in [2.24, 2.45) is 10.8 Å². The second-order valence-electron chi connectivity index (χ2n) is 9.14. The maximum atomic E-state index is 14.0. The van der Waals surface area contributed by atoms with Crippen molar-refractivity contribution in [3.05, 3.63) is 64.7 Å². The quantitative estimate of drug-likeness (QED) is 0.298. The number of Topliss-reactive ketones (excluding diaryl/α,β-unsaturated/α-hetero) is 1. The number of carbonyl (C=O) groups is 3. The number of carbonyl (C=O) groups excluding carboxylic acids is 3. The standard InChI is InChI=1S/C26H26ClNO4/c1-2-25(22(29)16-12-14-17(27)15-13-16)21-19-10-6-7-11-20(19)32-24(31)26(21,25)23(30)28-18-8-4-3-5-9-18/h6-7,10-15,18,21H,2-5,8-9H2,1H3,(H,28,30)/t21-,25-,26-/m1/s1. The first-order valence-electron chi connectivity index (χ1n) is 11.4. The van der Waals surface area contributed by atoms with Gasteiger partial charge in [0.15, 0.2) is 11.2 Å². The van der Waals surface area contributed by atoms with Crippen LogP contribution in [0.2, 0.25) is 5.02 Å². The largest absolute Gasteiger partial charge is 0.425 e. The van der Waals surface area contributed by atoms with Gasteiger partial charge in [0.25, 0.3) is 0 Å². The summed E-state index contributed by atoms with van der Waals surface area (Å²) in [6.07, 6.45) is 5.39. The summed E-state index contributed by atoms with van der Waals surface area (Å²) in [5.74, 6) is -1.34. The number of hydrogen-bond donors (Lipinski definition) is 1. The average Bonchev–Trinajstić information content (AvgIpc) is 3.47. The van der Waals surface area contributed by atoms with Gasteiger partial charge in [-0.15, -0.1) is 0 Å². The molecule has 0 unspecified atom stereocenters.